The number of benzene rings is 1. The molecule has 2 saturated heterocycles. The van der Waals surface area contributed by atoms with Crippen LogP contribution in [0.5, 0.6) is 11.5 Å². The van der Waals surface area contributed by atoms with Crippen LogP contribution in [0.3, 0.4) is 0 Å². The van der Waals surface area contributed by atoms with E-state index in [9.17, 15) is 4.79 Å². The second-order valence-electron chi connectivity index (χ2n) is 7.16. The minimum absolute atomic E-state index is 0.0617. The number of methoxy groups -OCH3 is 2. The molecule has 3 rings (SSSR count). The molecular formula is C20H30N2O3S. The molecule has 2 heterocycles. The van der Waals surface area contributed by atoms with Gasteiger partial charge in [0.05, 0.1) is 14.2 Å². The molecule has 5 nitrogen and oxygen atoms in total. The largest absolute Gasteiger partial charge is 0.497 e. The number of likely N-dealkylation sites (tertiary alicyclic amines) is 1. The molecule has 1 amide bonds. The lowest BCUT2D eigenvalue weighted by Gasteiger charge is -2.40. The van der Waals surface area contributed by atoms with Crippen LogP contribution in [-0.2, 0) is 0 Å². The summed E-state index contributed by atoms with van der Waals surface area (Å²) >= 11 is 2.08. The zero-order chi connectivity index (χ0) is 18.4. The topological polar surface area (TPSA) is 50.8 Å². The van der Waals surface area contributed by atoms with Gasteiger partial charge in [-0.2, -0.15) is 11.8 Å². The molecule has 0 aromatic heterocycles. The number of carbonyl (C=O) groups is 1. The summed E-state index contributed by atoms with van der Waals surface area (Å²) in [6, 6.07) is 6.03. The van der Waals surface area contributed by atoms with Crippen LogP contribution in [-0.4, -0.2) is 62.2 Å². The Bertz CT molecular complexity index is 582. The molecular weight excluding hydrogens is 348 g/mol. The van der Waals surface area contributed by atoms with Crippen molar-refractivity contribution < 1.29 is 14.3 Å². The van der Waals surface area contributed by atoms with Gasteiger partial charge in [0.1, 0.15) is 11.5 Å². The number of thioether (sulfide) groups is 1. The Morgan fingerprint density at radius 3 is 2.50 bits per heavy atom. The van der Waals surface area contributed by atoms with Gasteiger partial charge in [-0.15, -0.1) is 0 Å². The van der Waals surface area contributed by atoms with Gasteiger partial charge < -0.3 is 14.8 Å². The average molecular weight is 379 g/mol. The van der Waals surface area contributed by atoms with Crippen LogP contribution < -0.4 is 14.8 Å². The summed E-state index contributed by atoms with van der Waals surface area (Å²) in [5, 5.41) is 3.11. The maximum Gasteiger partial charge on any atom is 0.251 e. The molecule has 144 valence electrons. The quantitative estimate of drug-likeness (QED) is 0.825. The van der Waals surface area contributed by atoms with Crippen LogP contribution in [0.2, 0.25) is 0 Å². The van der Waals surface area contributed by atoms with Gasteiger partial charge in [0.15, 0.2) is 0 Å². The van der Waals surface area contributed by atoms with E-state index in [1.165, 1.54) is 43.7 Å². The van der Waals surface area contributed by atoms with Gasteiger partial charge in [-0.1, -0.05) is 0 Å². The first-order chi connectivity index (χ1) is 12.7. The zero-order valence-corrected chi connectivity index (χ0v) is 16.6. The standard InChI is InChI=1S/C20H30N2O3S/c1-24-18-10-16(11-19(12-18)25-2)20(23)21-13-15-4-3-7-22(14-15)17-5-8-26-9-6-17/h10-12,15,17H,3-9,13-14H2,1-2H3,(H,21,23). The molecule has 1 aromatic carbocycles. The molecule has 1 atom stereocenters. The van der Waals surface area contributed by atoms with Crippen LogP contribution in [0.4, 0.5) is 0 Å². The van der Waals surface area contributed by atoms with Gasteiger partial charge in [-0.25, -0.2) is 0 Å². The lowest BCUT2D eigenvalue weighted by Crippen LogP contribution is -2.46. The van der Waals surface area contributed by atoms with Crippen molar-refractivity contribution in [3.63, 3.8) is 0 Å². The van der Waals surface area contributed by atoms with E-state index in [1.807, 2.05) is 0 Å². The smallest absolute Gasteiger partial charge is 0.251 e. The van der Waals surface area contributed by atoms with Crippen molar-refractivity contribution in [2.24, 2.45) is 5.92 Å². The van der Waals surface area contributed by atoms with Gasteiger partial charge in [0.25, 0.3) is 5.91 Å². The van der Waals surface area contributed by atoms with Crippen LogP contribution in [0, 0.1) is 5.92 Å². The number of nitrogens with one attached hydrogen (secondary N) is 1. The predicted molar refractivity (Wildman–Crippen MR) is 107 cm³/mol. The Hall–Kier alpha value is -1.40. The molecule has 1 N–H and O–H groups in total. The molecule has 2 aliphatic rings. The monoisotopic (exact) mass is 378 g/mol. The summed E-state index contributed by atoms with van der Waals surface area (Å²) in [5.41, 5.74) is 0.582. The summed E-state index contributed by atoms with van der Waals surface area (Å²) in [4.78, 5) is 15.2. The first kappa shape index (κ1) is 19.4. The molecule has 2 fully saturated rings. The number of rotatable bonds is 6. The summed E-state index contributed by atoms with van der Waals surface area (Å²) in [6.07, 6.45) is 5.05. The third-order valence-electron chi connectivity index (χ3n) is 5.42. The van der Waals surface area contributed by atoms with E-state index in [2.05, 4.69) is 22.0 Å². The molecule has 0 aliphatic carbocycles. The molecule has 2 aliphatic heterocycles. The third kappa shape index (κ3) is 5.07. The van der Waals surface area contributed by atoms with E-state index < -0.39 is 0 Å². The number of ether oxygens (including phenoxy) is 2. The number of amides is 1. The predicted octanol–water partition coefficient (Wildman–Crippen LogP) is 3.04. The molecule has 0 spiro atoms. The SMILES string of the molecule is COc1cc(OC)cc(C(=O)NCC2CCCN(C3CCSCC3)C2)c1. The number of hydrogen-bond acceptors (Lipinski definition) is 5. The maximum atomic E-state index is 12.6. The molecule has 0 saturated carbocycles. The Kier molecular flexibility index (Phi) is 7.08. The minimum atomic E-state index is -0.0617. The summed E-state index contributed by atoms with van der Waals surface area (Å²) in [5.74, 6) is 4.32. The number of nitrogens with zero attached hydrogens (tertiary/aromatic N) is 1. The van der Waals surface area contributed by atoms with Gasteiger partial charge >= 0.3 is 0 Å². The average Bonchev–Trinajstić information content (AvgIpc) is 2.72. The summed E-state index contributed by atoms with van der Waals surface area (Å²) in [7, 11) is 3.19. The van der Waals surface area contributed by atoms with Crippen molar-refractivity contribution in [2.45, 2.75) is 31.7 Å². The molecule has 1 aromatic rings. The Morgan fingerprint density at radius 2 is 1.85 bits per heavy atom. The van der Waals surface area contributed by atoms with E-state index in [4.69, 9.17) is 9.47 Å². The fourth-order valence-corrected chi connectivity index (χ4v) is 5.01. The van der Waals surface area contributed by atoms with Crippen molar-refractivity contribution in [1.82, 2.24) is 10.2 Å². The molecule has 0 bridgehead atoms. The highest BCUT2D eigenvalue weighted by atomic mass is 32.2. The second kappa shape index (κ2) is 9.51. The van der Waals surface area contributed by atoms with Gasteiger partial charge in [0, 0.05) is 30.8 Å². The lowest BCUT2D eigenvalue weighted by molar-refractivity contribution is 0.0904. The Balaban J connectivity index is 1.53. The first-order valence-corrected chi connectivity index (χ1v) is 10.7. The third-order valence-corrected chi connectivity index (χ3v) is 6.47. The van der Waals surface area contributed by atoms with Gasteiger partial charge in [-0.3, -0.25) is 9.69 Å². The van der Waals surface area contributed by atoms with Crippen LogP contribution >= 0.6 is 11.8 Å². The van der Waals surface area contributed by atoms with Crippen molar-refractivity contribution in [1.29, 1.82) is 0 Å². The van der Waals surface area contributed by atoms with Crippen molar-refractivity contribution in [3.05, 3.63) is 23.8 Å². The summed E-state index contributed by atoms with van der Waals surface area (Å²) in [6.45, 7) is 3.06. The number of piperidine rings is 1. The fraction of sp³-hybridized carbons (Fsp3) is 0.650. The van der Waals surface area contributed by atoms with E-state index >= 15 is 0 Å². The van der Waals surface area contributed by atoms with Crippen molar-refractivity contribution in [3.8, 4) is 11.5 Å². The minimum Gasteiger partial charge on any atom is -0.497 e. The fourth-order valence-electron chi connectivity index (χ4n) is 3.92. The van der Waals surface area contributed by atoms with Crippen LogP contribution in [0.15, 0.2) is 18.2 Å². The molecule has 0 radical (unpaired) electrons. The molecule has 1 unspecified atom stereocenters. The highest BCUT2D eigenvalue weighted by molar-refractivity contribution is 7.99. The maximum absolute atomic E-state index is 12.6. The number of hydrogen-bond donors (Lipinski definition) is 1. The Morgan fingerprint density at radius 1 is 1.15 bits per heavy atom. The molecule has 26 heavy (non-hydrogen) atoms. The van der Waals surface area contributed by atoms with E-state index in [0.29, 0.717) is 23.0 Å². The van der Waals surface area contributed by atoms with Gasteiger partial charge in [0.2, 0.25) is 0 Å². The van der Waals surface area contributed by atoms with Crippen molar-refractivity contribution >= 4 is 17.7 Å². The second-order valence-corrected chi connectivity index (χ2v) is 8.38. The van der Waals surface area contributed by atoms with Gasteiger partial charge in [-0.05, 0) is 61.8 Å². The molecule has 6 heteroatoms. The highest BCUT2D eigenvalue weighted by Crippen LogP contribution is 2.26. The lowest BCUT2D eigenvalue weighted by atomic mass is 9.95. The van der Waals surface area contributed by atoms with Crippen molar-refractivity contribution in [2.75, 3.05) is 45.4 Å². The first-order valence-electron chi connectivity index (χ1n) is 9.52. The highest BCUT2D eigenvalue weighted by Gasteiger charge is 2.27. The zero-order valence-electron chi connectivity index (χ0n) is 15.8. The van der Waals surface area contributed by atoms with Crippen LogP contribution in [0.1, 0.15) is 36.0 Å². The van der Waals surface area contributed by atoms with E-state index in [0.717, 1.165) is 19.1 Å². The van der Waals surface area contributed by atoms with E-state index in [-0.39, 0.29) is 5.91 Å². The number of carbonyl (C=O) groups excluding carboxylic acids is 1. The normalized spacial score (nSPS) is 22.0. The van der Waals surface area contributed by atoms with E-state index in [1.54, 1.807) is 32.4 Å². The Labute approximate surface area is 160 Å². The van der Waals surface area contributed by atoms with Crippen LogP contribution in [0.25, 0.3) is 0 Å². The summed E-state index contributed by atoms with van der Waals surface area (Å²) < 4.78 is 10.5.